The number of aromatic nitrogens is 4. The summed E-state index contributed by atoms with van der Waals surface area (Å²) in [5, 5.41) is 31.4. The van der Waals surface area contributed by atoms with Crippen LogP contribution in [0.5, 0.6) is 0 Å². The largest absolute Gasteiger partial charge is 0.394 e. The van der Waals surface area contributed by atoms with E-state index in [1.54, 1.807) is 18.2 Å². The molecule has 0 bridgehead atoms. The molecule has 0 aliphatic carbocycles. The number of fused-ring (bicyclic) bond motifs is 1. The fourth-order valence-electron chi connectivity index (χ4n) is 3.30. The zero-order valence-corrected chi connectivity index (χ0v) is 14.0. The zero-order chi connectivity index (χ0) is 19.2. The Kier molecular flexibility index (Phi) is 4.12. The summed E-state index contributed by atoms with van der Waals surface area (Å²) in [7, 11) is 0. The van der Waals surface area contributed by atoms with Crippen molar-refractivity contribution in [2.45, 2.75) is 24.0 Å². The molecular weight excluding hydrogens is 354 g/mol. The Morgan fingerprint density at radius 1 is 1.26 bits per heavy atom. The summed E-state index contributed by atoms with van der Waals surface area (Å²) in [6.07, 6.45) is -1.73. The van der Waals surface area contributed by atoms with Gasteiger partial charge in [-0.05, 0) is 0 Å². The molecule has 1 aliphatic heterocycles. The van der Waals surface area contributed by atoms with Gasteiger partial charge in [0.25, 0.3) is 0 Å². The zero-order valence-electron chi connectivity index (χ0n) is 14.0. The van der Waals surface area contributed by atoms with Crippen molar-refractivity contribution in [1.29, 1.82) is 0 Å². The fraction of sp³-hybridized carbons (Fsp3) is 0.294. The molecular formula is C17H17N5O5. The molecule has 1 saturated heterocycles. The molecule has 0 amide bonds. The van der Waals surface area contributed by atoms with E-state index in [4.69, 9.17) is 10.5 Å². The van der Waals surface area contributed by atoms with Crippen molar-refractivity contribution < 1.29 is 24.9 Å². The van der Waals surface area contributed by atoms with Crippen molar-refractivity contribution in [2.24, 2.45) is 0 Å². The second-order valence-corrected chi connectivity index (χ2v) is 6.26. The number of carbonyl (C=O) groups is 1. The first-order chi connectivity index (χ1) is 13.0. The van der Waals surface area contributed by atoms with E-state index in [-0.39, 0.29) is 22.5 Å². The number of hydrogen-bond acceptors (Lipinski definition) is 9. The van der Waals surface area contributed by atoms with Crippen LogP contribution in [0.4, 0.5) is 5.82 Å². The number of anilines is 1. The normalized spacial score (nSPS) is 27.9. The molecule has 4 atom stereocenters. The summed E-state index contributed by atoms with van der Waals surface area (Å²) in [6.45, 7) is -0.591. The Balaban J connectivity index is 1.86. The predicted molar refractivity (Wildman–Crippen MR) is 92.5 cm³/mol. The number of rotatable bonds is 4. The average Bonchev–Trinajstić information content (AvgIpc) is 3.23. The van der Waals surface area contributed by atoms with E-state index in [2.05, 4.69) is 15.0 Å². The molecule has 1 fully saturated rings. The van der Waals surface area contributed by atoms with Gasteiger partial charge in [0.2, 0.25) is 11.4 Å². The van der Waals surface area contributed by atoms with Crippen LogP contribution in [0.3, 0.4) is 0 Å². The maximum atomic E-state index is 13.1. The number of ketones is 1. The first-order valence-corrected chi connectivity index (χ1v) is 8.18. The summed E-state index contributed by atoms with van der Waals surface area (Å²) in [6, 6.07) is 8.03. The van der Waals surface area contributed by atoms with Crippen molar-refractivity contribution in [3.05, 3.63) is 48.5 Å². The minimum atomic E-state index is -2.37. The number of carbonyl (C=O) groups excluding carboxylic acids is 1. The van der Waals surface area contributed by atoms with Gasteiger partial charge in [0.1, 0.15) is 24.1 Å². The molecule has 0 unspecified atom stereocenters. The molecule has 2 aromatic heterocycles. The third kappa shape index (κ3) is 2.50. The highest BCUT2D eigenvalue weighted by Crippen LogP contribution is 2.41. The molecule has 27 heavy (non-hydrogen) atoms. The molecule has 0 saturated carbocycles. The van der Waals surface area contributed by atoms with Gasteiger partial charge in [0.05, 0.1) is 12.9 Å². The molecule has 0 spiro atoms. The second kappa shape index (κ2) is 6.35. The van der Waals surface area contributed by atoms with Crippen LogP contribution in [0.1, 0.15) is 16.6 Å². The van der Waals surface area contributed by atoms with E-state index in [0.717, 1.165) is 0 Å². The van der Waals surface area contributed by atoms with Crippen molar-refractivity contribution in [2.75, 3.05) is 12.3 Å². The highest BCUT2D eigenvalue weighted by Gasteiger charge is 2.61. The van der Waals surface area contributed by atoms with Crippen molar-refractivity contribution in [1.82, 2.24) is 19.5 Å². The monoisotopic (exact) mass is 371 g/mol. The Hall–Kier alpha value is -2.92. The minimum Gasteiger partial charge on any atom is -0.394 e. The van der Waals surface area contributed by atoms with E-state index in [1.165, 1.54) is 29.4 Å². The molecule has 4 rings (SSSR count). The van der Waals surface area contributed by atoms with Crippen LogP contribution >= 0.6 is 0 Å². The number of hydrogen-bond donors (Lipinski definition) is 4. The number of aliphatic hydroxyl groups excluding tert-OH is 2. The van der Waals surface area contributed by atoms with Crippen molar-refractivity contribution >= 4 is 22.8 Å². The summed E-state index contributed by atoms with van der Waals surface area (Å²) < 4.78 is 6.92. The van der Waals surface area contributed by atoms with Crippen LogP contribution in [-0.4, -0.2) is 65.0 Å². The van der Waals surface area contributed by atoms with Crippen LogP contribution < -0.4 is 5.73 Å². The third-order valence-electron chi connectivity index (χ3n) is 4.70. The molecule has 10 nitrogen and oxygen atoms in total. The molecule has 140 valence electrons. The number of nitrogens with two attached hydrogens (primary N) is 1. The molecule has 0 radical (unpaired) electrons. The van der Waals surface area contributed by atoms with E-state index in [0.29, 0.717) is 0 Å². The van der Waals surface area contributed by atoms with Crippen molar-refractivity contribution in [3.8, 4) is 0 Å². The van der Waals surface area contributed by atoms with E-state index < -0.39 is 36.4 Å². The van der Waals surface area contributed by atoms with Gasteiger partial charge >= 0.3 is 0 Å². The summed E-state index contributed by atoms with van der Waals surface area (Å²) >= 11 is 0. The number of Topliss-reactive ketones (excluding diaryl/α,β-unsaturated/α-hetero) is 1. The highest BCUT2D eigenvalue weighted by molar-refractivity contribution is 6.03. The number of nitrogen functional groups attached to an aromatic ring is 1. The van der Waals surface area contributed by atoms with Crippen LogP contribution in [0.25, 0.3) is 11.2 Å². The number of benzene rings is 1. The fourth-order valence-corrected chi connectivity index (χ4v) is 3.30. The van der Waals surface area contributed by atoms with Gasteiger partial charge in [-0.2, -0.15) is 0 Å². The molecule has 3 aromatic rings. The minimum absolute atomic E-state index is 0.119. The average molecular weight is 371 g/mol. The van der Waals surface area contributed by atoms with Gasteiger partial charge in [-0.3, -0.25) is 9.36 Å². The lowest BCUT2D eigenvalue weighted by molar-refractivity contribution is -0.0822. The topological polar surface area (TPSA) is 157 Å². The smallest absolute Gasteiger partial charge is 0.201 e. The van der Waals surface area contributed by atoms with Gasteiger partial charge in [0.15, 0.2) is 17.7 Å². The molecule has 3 heterocycles. The Bertz CT molecular complexity index is 994. The number of imidazole rings is 1. The predicted octanol–water partition coefficient (Wildman–Crippen LogP) is -0.727. The Morgan fingerprint density at radius 2 is 2.00 bits per heavy atom. The maximum Gasteiger partial charge on any atom is 0.201 e. The summed E-state index contributed by atoms with van der Waals surface area (Å²) in [5.41, 5.74) is 4.07. The van der Waals surface area contributed by atoms with Crippen LogP contribution in [0.15, 0.2) is 43.0 Å². The SMILES string of the molecule is Nc1ncnc2c1ncn2[C@@H]1O[C@H](CO)[C@@H](O)[C@]1(O)C(=O)c1ccccc1. The molecule has 1 aromatic carbocycles. The maximum absolute atomic E-state index is 13.1. The first-order valence-electron chi connectivity index (χ1n) is 8.18. The molecule has 10 heteroatoms. The number of ether oxygens (including phenoxy) is 1. The van der Waals surface area contributed by atoms with Crippen LogP contribution in [0.2, 0.25) is 0 Å². The third-order valence-corrected chi connectivity index (χ3v) is 4.70. The van der Waals surface area contributed by atoms with Gasteiger partial charge in [-0.25, -0.2) is 15.0 Å². The standard InChI is InChI=1S/C17H17N5O5/c18-14-11-15(20-7-19-14)22(8-21-11)16-17(26,13(25)10(6-23)27-16)12(24)9-4-2-1-3-5-9/h1-5,7-8,10,13,16,23,25-26H,6H2,(H2,18,19,20)/t10-,13-,16-,17-/m1/s1. The Labute approximate surface area is 152 Å². The number of nitrogens with zero attached hydrogens (tertiary/aromatic N) is 4. The molecule has 5 N–H and O–H groups in total. The first kappa shape index (κ1) is 17.5. The van der Waals surface area contributed by atoms with Gasteiger partial charge in [0, 0.05) is 5.56 Å². The van der Waals surface area contributed by atoms with Gasteiger partial charge in [-0.15, -0.1) is 0 Å². The molecule has 1 aliphatic rings. The summed E-state index contributed by atoms with van der Waals surface area (Å²) in [5.74, 6) is -0.630. The van der Waals surface area contributed by atoms with E-state index in [9.17, 15) is 20.1 Å². The lowest BCUT2D eigenvalue weighted by atomic mass is 9.85. The van der Waals surface area contributed by atoms with E-state index in [1.807, 2.05) is 0 Å². The second-order valence-electron chi connectivity index (χ2n) is 6.26. The van der Waals surface area contributed by atoms with Crippen LogP contribution in [-0.2, 0) is 4.74 Å². The lowest BCUT2D eigenvalue weighted by Gasteiger charge is -2.30. The van der Waals surface area contributed by atoms with Crippen LogP contribution in [0, 0.1) is 0 Å². The van der Waals surface area contributed by atoms with E-state index >= 15 is 0 Å². The number of aliphatic hydroxyl groups is 3. The lowest BCUT2D eigenvalue weighted by Crippen LogP contribution is -2.53. The van der Waals surface area contributed by atoms with Gasteiger partial charge in [-0.1, -0.05) is 30.3 Å². The van der Waals surface area contributed by atoms with Gasteiger partial charge < -0.3 is 25.8 Å². The quantitative estimate of drug-likeness (QED) is 0.434. The highest BCUT2D eigenvalue weighted by atomic mass is 16.6. The summed E-state index contributed by atoms with van der Waals surface area (Å²) in [4.78, 5) is 25.1. The Morgan fingerprint density at radius 3 is 2.70 bits per heavy atom. The van der Waals surface area contributed by atoms with Crippen molar-refractivity contribution in [3.63, 3.8) is 0 Å².